The molecule has 1 aromatic rings. The van der Waals surface area contributed by atoms with E-state index in [-0.39, 0.29) is 6.61 Å². The predicted octanol–water partition coefficient (Wildman–Crippen LogP) is 2.54. The summed E-state index contributed by atoms with van der Waals surface area (Å²) in [4.78, 5) is 19.1. The van der Waals surface area contributed by atoms with Gasteiger partial charge in [-0.1, -0.05) is 5.11 Å². The van der Waals surface area contributed by atoms with Gasteiger partial charge in [-0.05, 0) is 26.3 Å². The first-order valence-electron chi connectivity index (χ1n) is 4.71. The molecule has 0 aliphatic rings. The van der Waals surface area contributed by atoms with E-state index in [9.17, 15) is 4.79 Å². The molecule has 0 N–H and O–H groups in total. The predicted molar refractivity (Wildman–Crippen MR) is 60.0 cm³/mol. The van der Waals surface area contributed by atoms with E-state index >= 15 is 0 Å². The van der Waals surface area contributed by atoms with Crippen LogP contribution in [0.5, 0.6) is 0 Å². The largest absolute Gasteiger partial charge is 0.465 e. The maximum Gasteiger partial charge on any atom is 0.323 e. The molecule has 1 rings (SSSR count). The highest BCUT2D eigenvalue weighted by Gasteiger charge is 2.37. The second-order valence-corrected chi connectivity index (χ2v) is 4.46. The van der Waals surface area contributed by atoms with Gasteiger partial charge in [0.1, 0.15) is 0 Å². The van der Waals surface area contributed by atoms with E-state index in [0.717, 1.165) is 5.01 Å². The van der Waals surface area contributed by atoms with Crippen LogP contribution in [0, 0.1) is 6.92 Å². The first kappa shape index (κ1) is 12.5. The molecule has 0 saturated carbocycles. The second kappa shape index (κ2) is 4.96. The van der Waals surface area contributed by atoms with Crippen molar-refractivity contribution in [2.75, 3.05) is 6.61 Å². The Bertz CT molecular complexity index is 438. The van der Waals surface area contributed by atoms with E-state index in [0.29, 0.717) is 4.88 Å². The average Bonchev–Trinajstić information content (AvgIpc) is 2.66. The zero-order valence-corrected chi connectivity index (χ0v) is 10.1. The van der Waals surface area contributed by atoms with E-state index in [1.807, 2.05) is 6.92 Å². The monoisotopic (exact) mass is 240 g/mol. The fourth-order valence-corrected chi connectivity index (χ4v) is 1.99. The van der Waals surface area contributed by atoms with Crippen LogP contribution >= 0.6 is 11.3 Å². The van der Waals surface area contributed by atoms with Gasteiger partial charge in [0.2, 0.25) is 0 Å². The smallest absolute Gasteiger partial charge is 0.323 e. The molecule has 16 heavy (non-hydrogen) atoms. The molecule has 86 valence electrons. The lowest BCUT2D eigenvalue weighted by Gasteiger charge is -2.19. The van der Waals surface area contributed by atoms with E-state index in [1.54, 1.807) is 6.92 Å². The number of rotatable bonds is 4. The van der Waals surface area contributed by atoms with E-state index in [2.05, 4.69) is 15.0 Å². The quantitative estimate of drug-likeness (QED) is 0.350. The number of aromatic nitrogens is 1. The van der Waals surface area contributed by atoms with Crippen LogP contribution in [0.15, 0.2) is 11.3 Å². The van der Waals surface area contributed by atoms with Crippen molar-refractivity contribution in [3.05, 3.63) is 26.5 Å². The maximum atomic E-state index is 11.8. The third kappa shape index (κ3) is 2.32. The van der Waals surface area contributed by atoms with Gasteiger partial charge < -0.3 is 4.74 Å². The van der Waals surface area contributed by atoms with Crippen LogP contribution in [-0.4, -0.2) is 17.6 Å². The SMILES string of the molecule is CCOC(=O)[C@@](C)(N=[N+]=[N-])c1cnc(C)s1. The maximum absolute atomic E-state index is 11.8. The van der Waals surface area contributed by atoms with Crippen molar-refractivity contribution in [3.63, 3.8) is 0 Å². The molecule has 1 aromatic heterocycles. The Morgan fingerprint density at radius 2 is 2.50 bits per heavy atom. The van der Waals surface area contributed by atoms with Gasteiger partial charge in [0.25, 0.3) is 0 Å². The number of ether oxygens (including phenoxy) is 1. The van der Waals surface area contributed by atoms with E-state index in [1.165, 1.54) is 24.5 Å². The molecule has 0 amide bonds. The molecule has 0 radical (unpaired) electrons. The molecule has 6 nitrogen and oxygen atoms in total. The van der Waals surface area contributed by atoms with Gasteiger partial charge in [0.05, 0.1) is 11.6 Å². The number of azide groups is 1. The lowest BCUT2D eigenvalue weighted by molar-refractivity contribution is -0.149. The molecule has 0 aliphatic carbocycles. The molecular weight excluding hydrogens is 228 g/mol. The van der Waals surface area contributed by atoms with Gasteiger partial charge in [0, 0.05) is 16.0 Å². The van der Waals surface area contributed by atoms with Crippen molar-refractivity contribution in [2.45, 2.75) is 26.3 Å². The normalized spacial score (nSPS) is 13.7. The molecule has 0 bridgehead atoms. The first-order valence-corrected chi connectivity index (χ1v) is 5.52. The van der Waals surface area contributed by atoms with Crippen molar-refractivity contribution < 1.29 is 9.53 Å². The van der Waals surface area contributed by atoms with Crippen molar-refractivity contribution in [3.8, 4) is 0 Å². The molecule has 0 aliphatic heterocycles. The van der Waals surface area contributed by atoms with E-state index < -0.39 is 11.5 Å². The van der Waals surface area contributed by atoms with Gasteiger partial charge >= 0.3 is 5.97 Å². The molecular formula is C9H12N4O2S. The molecule has 1 heterocycles. The lowest BCUT2D eigenvalue weighted by atomic mass is 10.0. The number of carbonyl (C=O) groups is 1. The number of hydrogen-bond acceptors (Lipinski definition) is 5. The summed E-state index contributed by atoms with van der Waals surface area (Å²) in [7, 11) is 0. The summed E-state index contributed by atoms with van der Waals surface area (Å²) in [6, 6.07) is 0. The standard InChI is InChI=1S/C9H12N4O2S/c1-4-15-8(14)9(3,12-13-10)7-5-11-6(2)16-7/h5H,4H2,1-3H3/t9-/m0/s1. The van der Waals surface area contributed by atoms with Gasteiger partial charge in [-0.15, -0.1) is 11.3 Å². The summed E-state index contributed by atoms with van der Waals surface area (Å²) < 4.78 is 4.90. The average molecular weight is 240 g/mol. The number of hydrogen-bond donors (Lipinski definition) is 0. The minimum absolute atomic E-state index is 0.243. The molecule has 1 atom stereocenters. The fraction of sp³-hybridized carbons (Fsp3) is 0.556. The van der Waals surface area contributed by atoms with Crippen LogP contribution in [0.1, 0.15) is 23.7 Å². The Morgan fingerprint density at radius 3 is 2.94 bits per heavy atom. The Morgan fingerprint density at radius 1 is 1.81 bits per heavy atom. The molecule has 0 aromatic carbocycles. The third-order valence-corrected chi connectivity index (χ3v) is 3.14. The van der Waals surface area contributed by atoms with Crippen molar-refractivity contribution in [1.82, 2.24) is 4.98 Å². The number of aryl methyl sites for hydroxylation is 1. The Balaban J connectivity index is 3.15. The zero-order valence-electron chi connectivity index (χ0n) is 9.30. The summed E-state index contributed by atoms with van der Waals surface area (Å²) in [6.45, 7) is 5.28. The van der Waals surface area contributed by atoms with Crippen molar-refractivity contribution in [2.24, 2.45) is 5.11 Å². The van der Waals surface area contributed by atoms with Crippen LogP contribution in [0.2, 0.25) is 0 Å². The fourth-order valence-electron chi connectivity index (χ4n) is 1.14. The Labute approximate surface area is 96.9 Å². The Kier molecular flexibility index (Phi) is 3.87. The summed E-state index contributed by atoms with van der Waals surface area (Å²) in [5.74, 6) is -0.559. The number of carbonyl (C=O) groups excluding carboxylic acids is 1. The minimum Gasteiger partial charge on any atom is -0.465 e. The van der Waals surface area contributed by atoms with Crippen LogP contribution in [-0.2, 0) is 15.1 Å². The summed E-state index contributed by atoms with van der Waals surface area (Å²) >= 11 is 1.31. The van der Waals surface area contributed by atoms with Crippen LogP contribution in [0.4, 0.5) is 0 Å². The molecule has 7 heteroatoms. The van der Waals surface area contributed by atoms with Gasteiger partial charge in [0.15, 0.2) is 5.54 Å². The minimum atomic E-state index is -1.32. The number of thiazole rings is 1. The second-order valence-electron chi connectivity index (χ2n) is 3.23. The van der Waals surface area contributed by atoms with Crippen LogP contribution in [0.3, 0.4) is 0 Å². The van der Waals surface area contributed by atoms with E-state index in [4.69, 9.17) is 10.3 Å². The van der Waals surface area contributed by atoms with Crippen molar-refractivity contribution >= 4 is 17.3 Å². The Hall–Kier alpha value is -1.59. The zero-order chi connectivity index (χ0) is 12.2. The third-order valence-electron chi connectivity index (χ3n) is 2.02. The summed E-state index contributed by atoms with van der Waals surface area (Å²) in [6.07, 6.45) is 1.53. The summed E-state index contributed by atoms with van der Waals surface area (Å²) in [5.41, 5.74) is 7.20. The first-order chi connectivity index (χ1) is 7.54. The highest BCUT2D eigenvalue weighted by atomic mass is 32.1. The number of nitrogens with zero attached hydrogens (tertiary/aromatic N) is 4. The summed E-state index contributed by atoms with van der Waals surface area (Å²) in [5, 5.41) is 4.34. The van der Waals surface area contributed by atoms with Crippen LogP contribution in [0.25, 0.3) is 10.4 Å². The highest BCUT2D eigenvalue weighted by molar-refractivity contribution is 7.11. The molecule has 0 saturated heterocycles. The van der Waals surface area contributed by atoms with Gasteiger partial charge in [-0.2, -0.15) is 0 Å². The topological polar surface area (TPSA) is 88.0 Å². The van der Waals surface area contributed by atoms with Crippen molar-refractivity contribution in [1.29, 1.82) is 0 Å². The molecule has 0 fully saturated rings. The van der Waals surface area contributed by atoms with Gasteiger partial charge in [-0.3, -0.25) is 4.79 Å². The highest BCUT2D eigenvalue weighted by Crippen LogP contribution is 2.31. The lowest BCUT2D eigenvalue weighted by Crippen LogP contribution is -2.31. The van der Waals surface area contributed by atoms with Gasteiger partial charge in [-0.25, -0.2) is 4.98 Å². The molecule has 0 spiro atoms. The van der Waals surface area contributed by atoms with Crippen LogP contribution < -0.4 is 0 Å². The molecule has 0 unspecified atom stereocenters. The number of esters is 1.